The van der Waals surface area contributed by atoms with Crippen LogP contribution >= 0.6 is 0 Å². The van der Waals surface area contributed by atoms with Crippen molar-refractivity contribution in [2.24, 2.45) is 11.8 Å². The molecule has 0 unspecified atom stereocenters. The Kier molecular flexibility index (Phi) is 9.91. The van der Waals surface area contributed by atoms with Crippen molar-refractivity contribution >= 4 is 17.5 Å². The molecular formula is C31H43FN4O2. The average molecular weight is 523 g/mol. The number of likely N-dealkylation sites (tertiary alicyclic amines) is 1. The molecule has 0 aromatic heterocycles. The SMILES string of the molecule is CC(=O)N1CCCN(CC(C)C)CCN(C(=O)C2CCN(Cc3ccc(F)cc3)CC2)Cc2ccccc21. The smallest absolute Gasteiger partial charge is 0.226 e. The minimum absolute atomic E-state index is 0.000725. The summed E-state index contributed by atoms with van der Waals surface area (Å²) in [7, 11) is 0. The third-order valence-corrected chi connectivity index (χ3v) is 7.76. The van der Waals surface area contributed by atoms with Crippen LogP contribution in [0.15, 0.2) is 48.5 Å². The Labute approximate surface area is 227 Å². The van der Waals surface area contributed by atoms with Gasteiger partial charge in [-0.05, 0) is 74.1 Å². The highest BCUT2D eigenvalue weighted by molar-refractivity contribution is 5.92. The predicted molar refractivity (Wildman–Crippen MR) is 150 cm³/mol. The summed E-state index contributed by atoms with van der Waals surface area (Å²) in [5.41, 5.74) is 3.05. The number of rotatable bonds is 5. The molecule has 2 aliphatic heterocycles. The van der Waals surface area contributed by atoms with E-state index in [9.17, 15) is 14.0 Å². The van der Waals surface area contributed by atoms with Gasteiger partial charge < -0.3 is 14.7 Å². The molecule has 6 nitrogen and oxygen atoms in total. The third kappa shape index (κ3) is 7.64. The lowest BCUT2D eigenvalue weighted by molar-refractivity contribution is -0.138. The standard InChI is InChI=1S/C31H43FN4O2/c1-24(2)21-33-15-6-16-36(25(3)37)30-8-5-4-7-28(30)23-35(20-19-33)31(38)27-13-17-34(18-14-27)22-26-9-11-29(32)12-10-26/h4-5,7-12,24,27H,6,13-23H2,1-3H3. The van der Waals surface area contributed by atoms with Gasteiger partial charge >= 0.3 is 0 Å². The number of piperidine rings is 1. The van der Waals surface area contributed by atoms with Gasteiger partial charge in [0.15, 0.2) is 0 Å². The van der Waals surface area contributed by atoms with E-state index < -0.39 is 0 Å². The summed E-state index contributed by atoms with van der Waals surface area (Å²) in [6.45, 7) is 13.2. The molecule has 0 spiro atoms. The van der Waals surface area contributed by atoms with Crippen LogP contribution in [0.1, 0.15) is 51.2 Å². The van der Waals surface area contributed by atoms with Crippen LogP contribution in [-0.4, -0.2) is 72.3 Å². The molecule has 1 fully saturated rings. The predicted octanol–water partition coefficient (Wildman–Crippen LogP) is 4.78. The second-order valence-electron chi connectivity index (χ2n) is 11.3. The zero-order chi connectivity index (χ0) is 27.1. The third-order valence-electron chi connectivity index (χ3n) is 7.76. The summed E-state index contributed by atoms with van der Waals surface area (Å²) in [4.78, 5) is 35.3. The number of para-hydroxylation sites is 1. The number of hydrogen-bond acceptors (Lipinski definition) is 4. The monoisotopic (exact) mass is 522 g/mol. The Morgan fingerprint density at radius 2 is 1.61 bits per heavy atom. The molecule has 0 saturated carbocycles. The largest absolute Gasteiger partial charge is 0.337 e. The topological polar surface area (TPSA) is 47.1 Å². The number of carbonyl (C=O) groups excluding carboxylic acids is 2. The van der Waals surface area contributed by atoms with Crippen LogP contribution in [0.3, 0.4) is 0 Å². The molecule has 2 heterocycles. The fourth-order valence-electron chi connectivity index (χ4n) is 5.80. The zero-order valence-electron chi connectivity index (χ0n) is 23.2. The summed E-state index contributed by atoms with van der Waals surface area (Å²) in [5, 5.41) is 0. The van der Waals surface area contributed by atoms with Crippen LogP contribution < -0.4 is 4.90 Å². The van der Waals surface area contributed by atoms with E-state index in [0.29, 0.717) is 25.6 Å². The summed E-state index contributed by atoms with van der Waals surface area (Å²) in [6, 6.07) is 14.7. The van der Waals surface area contributed by atoms with E-state index in [1.54, 1.807) is 6.92 Å². The Hall–Kier alpha value is -2.77. The molecule has 38 heavy (non-hydrogen) atoms. The maximum absolute atomic E-state index is 13.9. The molecule has 2 aliphatic rings. The van der Waals surface area contributed by atoms with Crippen LogP contribution in [0.25, 0.3) is 0 Å². The van der Waals surface area contributed by atoms with E-state index >= 15 is 0 Å². The van der Waals surface area contributed by atoms with Crippen LogP contribution in [0.2, 0.25) is 0 Å². The van der Waals surface area contributed by atoms with Gasteiger partial charge in [0.25, 0.3) is 0 Å². The summed E-state index contributed by atoms with van der Waals surface area (Å²) in [5.74, 6) is 0.585. The molecule has 4 rings (SSSR count). The van der Waals surface area contributed by atoms with Gasteiger partial charge in [-0.3, -0.25) is 14.5 Å². The van der Waals surface area contributed by atoms with Crippen molar-refractivity contribution in [2.75, 3.05) is 50.7 Å². The number of hydrogen-bond donors (Lipinski definition) is 0. The molecule has 2 aromatic rings. The van der Waals surface area contributed by atoms with E-state index in [0.717, 1.165) is 75.3 Å². The van der Waals surface area contributed by atoms with Crippen molar-refractivity contribution in [3.63, 3.8) is 0 Å². The molecule has 0 aliphatic carbocycles. The lowest BCUT2D eigenvalue weighted by Crippen LogP contribution is -2.45. The summed E-state index contributed by atoms with van der Waals surface area (Å²) in [6.07, 6.45) is 2.56. The average Bonchev–Trinajstić information content (AvgIpc) is 2.93. The molecule has 2 aromatic carbocycles. The van der Waals surface area contributed by atoms with E-state index in [4.69, 9.17) is 0 Å². The van der Waals surface area contributed by atoms with E-state index in [2.05, 4.69) is 29.7 Å². The van der Waals surface area contributed by atoms with Gasteiger partial charge in [0.2, 0.25) is 11.8 Å². The van der Waals surface area contributed by atoms with Crippen molar-refractivity contribution in [1.82, 2.24) is 14.7 Å². The van der Waals surface area contributed by atoms with E-state index in [-0.39, 0.29) is 23.5 Å². The van der Waals surface area contributed by atoms with E-state index in [1.807, 2.05) is 40.1 Å². The highest BCUT2D eigenvalue weighted by Crippen LogP contribution is 2.27. The Morgan fingerprint density at radius 3 is 2.29 bits per heavy atom. The van der Waals surface area contributed by atoms with Gasteiger partial charge in [0.1, 0.15) is 5.82 Å². The maximum Gasteiger partial charge on any atom is 0.226 e. The van der Waals surface area contributed by atoms with Crippen LogP contribution in [0, 0.1) is 17.7 Å². The zero-order valence-corrected chi connectivity index (χ0v) is 23.2. The molecule has 0 atom stereocenters. The van der Waals surface area contributed by atoms with Crippen molar-refractivity contribution in [3.8, 4) is 0 Å². The van der Waals surface area contributed by atoms with Crippen LogP contribution in [0.4, 0.5) is 10.1 Å². The summed E-state index contributed by atoms with van der Waals surface area (Å²) < 4.78 is 13.3. The minimum Gasteiger partial charge on any atom is -0.337 e. The number of nitrogens with zero attached hydrogens (tertiary/aromatic N) is 4. The summed E-state index contributed by atoms with van der Waals surface area (Å²) >= 11 is 0. The number of benzene rings is 2. The highest BCUT2D eigenvalue weighted by Gasteiger charge is 2.30. The molecule has 1 saturated heterocycles. The molecule has 0 radical (unpaired) electrons. The molecule has 0 bridgehead atoms. The second-order valence-corrected chi connectivity index (χ2v) is 11.3. The number of carbonyl (C=O) groups is 2. The number of halogens is 1. The Balaban J connectivity index is 1.48. The molecule has 7 heteroatoms. The second kappa shape index (κ2) is 13.3. The fourth-order valence-corrected chi connectivity index (χ4v) is 5.80. The van der Waals surface area contributed by atoms with Crippen LogP contribution in [0.5, 0.6) is 0 Å². The molecular weight excluding hydrogens is 479 g/mol. The van der Waals surface area contributed by atoms with Crippen molar-refractivity contribution in [1.29, 1.82) is 0 Å². The number of fused-ring (bicyclic) bond motifs is 1. The Morgan fingerprint density at radius 1 is 0.895 bits per heavy atom. The minimum atomic E-state index is -0.214. The van der Waals surface area contributed by atoms with Gasteiger partial charge in [0.05, 0.1) is 0 Å². The van der Waals surface area contributed by atoms with Gasteiger partial charge in [-0.2, -0.15) is 0 Å². The quantitative estimate of drug-likeness (QED) is 0.567. The van der Waals surface area contributed by atoms with Crippen molar-refractivity contribution in [2.45, 2.75) is 53.1 Å². The maximum atomic E-state index is 13.9. The molecule has 2 amide bonds. The fraction of sp³-hybridized carbons (Fsp3) is 0.548. The van der Waals surface area contributed by atoms with Gasteiger partial charge in [-0.15, -0.1) is 0 Å². The number of amides is 2. The van der Waals surface area contributed by atoms with Gasteiger partial charge in [-0.25, -0.2) is 4.39 Å². The lowest BCUT2D eigenvalue weighted by Gasteiger charge is -2.35. The van der Waals surface area contributed by atoms with E-state index in [1.165, 1.54) is 12.1 Å². The van der Waals surface area contributed by atoms with Crippen molar-refractivity contribution in [3.05, 3.63) is 65.5 Å². The van der Waals surface area contributed by atoms with Gasteiger partial charge in [-0.1, -0.05) is 44.2 Å². The Bertz CT molecular complexity index is 1070. The first kappa shape index (κ1) is 28.2. The van der Waals surface area contributed by atoms with Gasteiger partial charge in [0, 0.05) is 57.8 Å². The first-order valence-corrected chi connectivity index (χ1v) is 14.1. The first-order chi connectivity index (χ1) is 18.3. The van der Waals surface area contributed by atoms with Crippen LogP contribution in [-0.2, 0) is 22.7 Å². The molecule has 0 N–H and O–H groups in total. The highest BCUT2D eigenvalue weighted by atomic mass is 19.1. The first-order valence-electron chi connectivity index (χ1n) is 14.1. The van der Waals surface area contributed by atoms with Crippen molar-refractivity contribution < 1.29 is 14.0 Å². The normalized spacial score (nSPS) is 18.8. The molecule has 206 valence electrons. The lowest BCUT2D eigenvalue weighted by atomic mass is 9.94. The number of anilines is 1.